The average molecular weight is 178 g/mol. The summed E-state index contributed by atoms with van der Waals surface area (Å²) in [4.78, 5) is 10.6. The third kappa shape index (κ3) is 12.1. The van der Waals surface area contributed by atoms with E-state index in [1.54, 1.807) is 0 Å². The molecule has 0 aliphatic rings. The predicted octanol–water partition coefficient (Wildman–Crippen LogP) is 1.77. The van der Waals surface area contributed by atoms with Gasteiger partial charge in [-0.15, -0.1) is 0 Å². The minimum absolute atomic E-state index is 0. The van der Waals surface area contributed by atoms with E-state index in [-0.39, 0.29) is 8.76 Å². The quantitative estimate of drug-likeness (QED) is 0.630. The Bertz CT molecular complexity index is 103. The van der Waals surface area contributed by atoms with Crippen LogP contribution in [0.2, 0.25) is 0 Å². The molecule has 0 heterocycles. The molecule has 0 aromatic rings. The molecule has 0 aromatic carbocycles. The molecule has 0 bridgehead atoms. The lowest BCUT2D eigenvalue weighted by Crippen LogP contribution is -2.23. The maximum atomic E-state index is 10.6. The van der Waals surface area contributed by atoms with Crippen LogP contribution in [0.5, 0.6) is 0 Å². The summed E-state index contributed by atoms with van der Waals surface area (Å²) in [6.45, 7) is 7.32. The molecule has 0 fully saturated rings. The molecule has 0 aromatic heterocycles. The summed E-state index contributed by atoms with van der Waals surface area (Å²) >= 11 is 0. The highest BCUT2D eigenvalue weighted by atomic mass is 16.1. The van der Waals surface area contributed by atoms with Crippen molar-refractivity contribution >= 4 is 5.91 Å². The SMILES string of the molecule is CC.CCC(=O)NCCCCN.[HH].[HH]. The Balaban J connectivity index is -0.000000117. The number of carbonyl (C=O) groups is 1. The van der Waals surface area contributed by atoms with E-state index in [1.165, 1.54) is 0 Å². The van der Waals surface area contributed by atoms with Gasteiger partial charge in [-0.3, -0.25) is 4.79 Å². The smallest absolute Gasteiger partial charge is 0.219 e. The second-order valence-electron chi connectivity index (χ2n) is 2.20. The van der Waals surface area contributed by atoms with Crippen molar-refractivity contribution in [2.45, 2.75) is 40.0 Å². The number of rotatable bonds is 5. The Labute approximate surface area is 78.7 Å². The average Bonchev–Trinajstić information content (AvgIpc) is 2.15. The van der Waals surface area contributed by atoms with E-state index < -0.39 is 0 Å². The molecule has 0 saturated heterocycles. The van der Waals surface area contributed by atoms with E-state index >= 15 is 0 Å². The minimum Gasteiger partial charge on any atom is -0.356 e. The van der Waals surface area contributed by atoms with Crippen molar-refractivity contribution in [3.8, 4) is 0 Å². The Kier molecular flexibility index (Phi) is 15.2. The number of amides is 1. The number of nitrogens with one attached hydrogen (secondary N) is 1. The Morgan fingerprint density at radius 3 is 2.42 bits per heavy atom. The molecule has 0 spiro atoms. The van der Waals surface area contributed by atoms with Gasteiger partial charge in [-0.2, -0.15) is 0 Å². The predicted molar refractivity (Wildman–Crippen MR) is 57.2 cm³/mol. The zero-order valence-corrected chi connectivity index (χ0v) is 8.52. The number of hydrogen-bond donors (Lipinski definition) is 2. The minimum atomic E-state index is 0. The van der Waals surface area contributed by atoms with Crippen molar-refractivity contribution in [2.24, 2.45) is 5.73 Å². The topological polar surface area (TPSA) is 55.1 Å². The molecule has 12 heavy (non-hydrogen) atoms. The van der Waals surface area contributed by atoms with Crippen molar-refractivity contribution in [2.75, 3.05) is 13.1 Å². The van der Waals surface area contributed by atoms with Gasteiger partial charge in [0.25, 0.3) is 0 Å². The van der Waals surface area contributed by atoms with E-state index in [0.29, 0.717) is 13.0 Å². The van der Waals surface area contributed by atoms with Crippen LogP contribution in [0.1, 0.15) is 42.9 Å². The highest BCUT2D eigenvalue weighted by molar-refractivity contribution is 5.75. The molecule has 0 radical (unpaired) electrons. The van der Waals surface area contributed by atoms with Gasteiger partial charge in [0.1, 0.15) is 0 Å². The first-order valence-electron chi connectivity index (χ1n) is 4.78. The van der Waals surface area contributed by atoms with Gasteiger partial charge in [0.15, 0.2) is 0 Å². The third-order valence-electron chi connectivity index (χ3n) is 1.27. The fourth-order valence-electron chi connectivity index (χ4n) is 0.622. The molecular weight excluding hydrogens is 152 g/mol. The fraction of sp³-hybridized carbons (Fsp3) is 0.889. The summed E-state index contributed by atoms with van der Waals surface area (Å²) in [5.74, 6) is 0.122. The van der Waals surface area contributed by atoms with Gasteiger partial charge in [0.05, 0.1) is 0 Å². The summed E-state index contributed by atoms with van der Waals surface area (Å²) in [6, 6.07) is 0. The van der Waals surface area contributed by atoms with E-state index in [2.05, 4.69) is 5.32 Å². The van der Waals surface area contributed by atoms with Crippen LogP contribution in [0.4, 0.5) is 0 Å². The molecule has 0 rings (SSSR count). The van der Waals surface area contributed by atoms with Crippen molar-refractivity contribution in [1.29, 1.82) is 0 Å². The summed E-state index contributed by atoms with van der Waals surface area (Å²) in [5.41, 5.74) is 5.27. The zero-order valence-electron chi connectivity index (χ0n) is 8.52. The molecule has 0 saturated carbocycles. The fourth-order valence-corrected chi connectivity index (χ4v) is 0.622. The van der Waals surface area contributed by atoms with Crippen molar-refractivity contribution in [1.82, 2.24) is 5.32 Å². The van der Waals surface area contributed by atoms with Gasteiger partial charge in [-0.1, -0.05) is 20.8 Å². The molecule has 3 nitrogen and oxygen atoms in total. The van der Waals surface area contributed by atoms with E-state index in [1.807, 2.05) is 20.8 Å². The van der Waals surface area contributed by atoms with Crippen molar-refractivity contribution < 1.29 is 7.65 Å². The number of hydrogen-bond acceptors (Lipinski definition) is 2. The largest absolute Gasteiger partial charge is 0.356 e. The maximum Gasteiger partial charge on any atom is 0.219 e. The van der Waals surface area contributed by atoms with Gasteiger partial charge in [-0.25, -0.2) is 0 Å². The third-order valence-corrected chi connectivity index (χ3v) is 1.27. The first kappa shape index (κ1) is 14.0. The Morgan fingerprint density at radius 2 is 2.00 bits per heavy atom. The lowest BCUT2D eigenvalue weighted by Gasteiger charge is -2.00. The monoisotopic (exact) mass is 178 g/mol. The van der Waals surface area contributed by atoms with Crippen LogP contribution >= 0.6 is 0 Å². The molecule has 3 heteroatoms. The van der Waals surface area contributed by atoms with Crippen LogP contribution in [0.15, 0.2) is 0 Å². The van der Waals surface area contributed by atoms with Crippen LogP contribution in [0, 0.1) is 0 Å². The number of carbonyl (C=O) groups excluding carboxylic acids is 1. The lowest BCUT2D eigenvalue weighted by atomic mass is 10.3. The Hall–Kier alpha value is -0.570. The van der Waals surface area contributed by atoms with Crippen LogP contribution < -0.4 is 11.1 Å². The molecule has 0 atom stereocenters. The van der Waals surface area contributed by atoms with Gasteiger partial charge in [0.2, 0.25) is 5.91 Å². The van der Waals surface area contributed by atoms with Gasteiger partial charge in [-0.05, 0) is 19.4 Å². The van der Waals surface area contributed by atoms with Crippen LogP contribution in [-0.2, 0) is 4.79 Å². The highest BCUT2D eigenvalue weighted by Gasteiger charge is 1.93. The van der Waals surface area contributed by atoms with E-state index in [4.69, 9.17) is 5.73 Å². The first-order chi connectivity index (χ1) is 5.81. The summed E-state index contributed by atoms with van der Waals surface area (Å²) in [5, 5.41) is 2.77. The van der Waals surface area contributed by atoms with Crippen molar-refractivity contribution in [3.05, 3.63) is 0 Å². The molecule has 0 aliphatic heterocycles. The molecule has 0 unspecified atom stereocenters. The van der Waals surface area contributed by atoms with E-state index in [0.717, 1.165) is 19.4 Å². The van der Waals surface area contributed by atoms with E-state index in [9.17, 15) is 4.79 Å². The van der Waals surface area contributed by atoms with Gasteiger partial charge >= 0.3 is 0 Å². The number of unbranched alkanes of at least 4 members (excludes halogenated alkanes) is 1. The van der Waals surface area contributed by atoms with Crippen LogP contribution in [-0.4, -0.2) is 19.0 Å². The summed E-state index contributed by atoms with van der Waals surface area (Å²) < 4.78 is 0. The summed E-state index contributed by atoms with van der Waals surface area (Å²) in [6.07, 6.45) is 2.55. The highest BCUT2D eigenvalue weighted by Crippen LogP contribution is 1.83. The van der Waals surface area contributed by atoms with Crippen LogP contribution in [0.25, 0.3) is 0 Å². The zero-order chi connectivity index (χ0) is 9.82. The second-order valence-corrected chi connectivity index (χ2v) is 2.20. The van der Waals surface area contributed by atoms with Gasteiger partial charge < -0.3 is 11.1 Å². The molecule has 3 N–H and O–H groups in total. The standard InChI is InChI=1S/C7H16N2O.C2H6.2H2/c1-2-7(10)9-6-4-3-5-8;1-2;;/h2-6,8H2,1H3,(H,9,10);1-2H3;2*1H. The first-order valence-corrected chi connectivity index (χ1v) is 4.78. The van der Waals surface area contributed by atoms with Gasteiger partial charge in [0, 0.05) is 15.8 Å². The lowest BCUT2D eigenvalue weighted by molar-refractivity contribution is -0.120. The molecule has 1 amide bonds. The second kappa shape index (κ2) is 13.1. The molecular formula is C9H26N2O. The molecule has 0 aliphatic carbocycles. The maximum absolute atomic E-state index is 10.6. The normalized spacial score (nSPS) is 8.33. The molecule has 78 valence electrons. The number of nitrogens with two attached hydrogens (primary N) is 1. The van der Waals surface area contributed by atoms with Crippen LogP contribution in [0.3, 0.4) is 0 Å². The van der Waals surface area contributed by atoms with Crippen molar-refractivity contribution in [3.63, 3.8) is 0 Å². The Morgan fingerprint density at radius 1 is 1.42 bits per heavy atom. The summed E-state index contributed by atoms with van der Waals surface area (Å²) in [7, 11) is 0.